The molecule has 0 bridgehead atoms. The summed E-state index contributed by atoms with van der Waals surface area (Å²) < 4.78 is 27.9. The molecule has 17 heavy (non-hydrogen) atoms. The maximum atomic E-state index is 11.7. The molecular weight excluding hydrogens is 240 g/mol. The summed E-state index contributed by atoms with van der Waals surface area (Å²) in [6, 6.07) is 7.32. The van der Waals surface area contributed by atoms with Gasteiger partial charge in [0, 0.05) is 0 Å². The van der Waals surface area contributed by atoms with Crippen molar-refractivity contribution in [3.63, 3.8) is 0 Å². The van der Waals surface area contributed by atoms with Crippen LogP contribution in [0.2, 0.25) is 0 Å². The Morgan fingerprint density at radius 2 is 2.06 bits per heavy atom. The molecule has 5 heteroatoms. The molecule has 0 fully saturated rings. The van der Waals surface area contributed by atoms with Crippen molar-refractivity contribution in [3.8, 4) is 0 Å². The van der Waals surface area contributed by atoms with Gasteiger partial charge in [0.2, 0.25) is 0 Å². The topological polar surface area (TPSA) is 60.4 Å². The Morgan fingerprint density at radius 1 is 1.35 bits per heavy atom. The Bertz CT molecular complexity index is 491. The molecular formula is C12H16O4S. The van der Waals surface area contributed by atoms with Crippen LogP contribution in [0.4, 0.5) is 0 Å². The molecule has 0 heterocycles. The Morgan fingerprint density at radius 3 is 2.65 bits per heavy atom. The van der Waals surface area contributed by atoms with Crippen molar-refractivity contribution < 1.29 is 17.9 Å². The van der Waals surface area contributed by atoms with E-state index in [2.05, 4.69) is 4.74 Å². The lowest BCUT2D eigenvalue weighted by Crippen LogP contribution is -2.14. The molecule has 0 unspecified atom stereocenters. The third-order valence-corrected chi connectivity index (χ3v) is 3.91. The summed E-state index contributed by atoms with van der Waals surface area (Å²) in [5, 5.41) is 0. The molecule has 0 aliphatic heterocycles. The normalized spacial score (nSPS) is 11.2. The van der Waals surface area contributed by atoms with E-state index in [-0.39, 0.29) is 17.9 Å². The SMILES string of the molecule is COC(=O)CCS(=O)(=O)Cc1cccc(C)c1. The van der Waals surface area contributed by atoms with Gasteiger partial charge in [0.15, 0.2) is 9.84 Å². The molecule has 0 aromatic heterocycles. The monoisotopic (exact) mass is 256 g/mol. The van der Waals surface area contributed by atoms with E-state index < -0.39 is 15.8 Å². The predicted molar refractivity (Wildman–Crippen MR) is 65.3 cm³/mol. The van der Waals surface area contributed by atoms with Gasteiger partial charge in [-0.3, -0.25) is 4.79 Å². The highest BCUT2D eigenvalue weighted by Gasteiger charge is 2.14. The Kier molecular flexibility index (Phi) is 4.69. The van der Waals surface area contributed by atoms with Crippen molar-refractivity contribution in [2.45, 2.75) is 19.1 Å². The molecule has 0 aliphatic rings. The average molecular weight is 256 g/mol. The van der Waals surface area contributed by atoms with E-state index in [9.17, 15) is 13.2 Å². The summed E-state index contributed by atoms with van der Waals surface area (Å²) in [7, 11) is -2.01. The minimum atomic E-state index is -3.26. The van der Waals surface area contributed by atoms with Gasteiger partial charge in [-0.2, -0.15) is 0 Å². The molecule has 94 valence electrons. The highest BCUT2D eigenvalue weighted by Crippen LogP contribution is 2.10. The number of rotatable bonds is 5. The Labute approximate surface area is 102 Å². The van der Waals surface area contributed by atoms with Gasteiger partial charge in [-0.05, 0) is 12.5 Å². The third-order valence-electron chi connectivity index (χ3n) is 2.31. The van der Waals surface area contributed by atoms with E-state index in [1.165, 1.54) is 7.11 Å². The zero-order valence-electron chi connectivity index (χ0n) is 9.97. The minimum absolute atomic E-state index is 0.0360. The number of benzene rings is 1. The minimum Gasteiger partial charge on any atom is -0.469 e. The second-order valence-corrected chi connectivity index (χ2v) is 6.09. The van der Waals surface area contributed by atoms with Crippen LogP contribution in [-0.4, -0.2) is 27.2 Å². The number of sulfone groups is 1. The van der Waals surface area contributed by atoms with E-state index in [4.69, 9.17) is 0 Å². The van der Waals surface area contributed by atoms with Crippen LogP contribution in [0.5, 0.6) is 0 Å². The van der Waals surface area contributed by atoms with Gasteiger partial charge in [-0.25, -0.2) is 8.42 Å². The van der Waals surface area contributed by atoms with Gasteiger partial charge >= 0.3 is 5.97 Å². The molecule has 0 atom stereocenters. The van der Waals surface area contributed by atoms with E-state index in [0.717, 1.165) is 11.1 Å². The van der Waals surface area contributed by atoms with Crippen LogP contribution in [0.15, 0.2) is 24.3 Å². The summed E-state index contributed by atoms with van der Waals surface area (Å²) >= 11 is 0. The summed E-state index contributed by atoms with van der Waals surface area (Å²) in [4.78, 5) is 10.9. The lowest BCUT2D eigenvalue weighted by atomic mass is 10.2. The third kappa shape index (κ3) is 4.99. The first-order valence-electron chi connectivity index (χ1n) is 5.26. The number of hydrogen-bond donors (Lipinski definition) is 0. The fourth-order valence-electron chi connectivity index (χ4n) is 1.47. The lowest BCUT2D eigenvalue weighted by molar-refractivity contribution is -0.140. The van der Waals surface area contributed by atoms with Gasteiger partial charge in [-0.1, -0.05) is 29.8 Å². The number of methoxy groups -OCH3 is 1. The van der Waals surface area contributed by atoms with E-state index in [0.29, 0.717) is 0 Å². The van der Waals surface area contributed by atoms with Crippen LogP contribution >= 0.6 is 0 Å². The zero-order valence-corrected chi connectivity index (χ0v) is 10.8. The highest BCUT2D eigenvalue weighted by molar-refractivity contribution is 7.90. The highest BCUT2D eigenvalue weighted by atomic mass is 32.2. The molecule has 0 radical (unpaired) electrons. The number of carbonyl (C=O) groups is 1. The van der Waals surface area contributed by atoms with Crippen molar-refractivity contribution in [3.05, 3.63) is 35.4 Å². The van der Waals surface area contributed by atoms with Crippen molar-refractivity contribution in [2.75, 3.05) is 12.9 Å². The zero-order chi connectivity index (χ0) is 12.9. The van der Waals surface area contributed by atoms with Crippen LogP contribution in [0.1, 0.15) is 17.5 Å². The number of aryl methyl sites for hydroxylation is 1. The summed E-state index contributed by atoms with van der Waals surface area (Å²) in [5.74, 6) is -0.711. The maximum absolute atomic E-state index is 11.7. The van der Waals surface area contributed by atoms with Gasteiger partial charge < -0.3 is 4.74 Å². The molecule has 0 amide bonds. The first-order chi connectivity index (χ1) is 7.93. The second kappa shape index (κ2) is 5.82. The molecule has 0 N–H and O–H groups in total. The maximum Gasteiger partial charge on any atom is 0.306 e. The first-order valence-corrected chi connectivity index (χ1v) is 7.08. The van der Waals surface area contributed by atoms with Crippen molar-refractivity contribution in [2.24, 2.45) is 0 Å². The van der Waals surface area contributed by atoms with Crippen LogP contribution < -0.4 is 0 Å². The van der Waals surface area contributed by atoms with Gasteiger partial charge in [0.05, 0.1) is 25.0 Å². The van der Waals surface area contributed by atoms with E-state index >= 15 is 0 Å². The number of carbonyl (C=O) groups excluding carboxylic acids is 1. The molecule has 1 rings (SSSR count). The standard InChI is InChI=1S/C12H16O4S/c1-10-4-3-5-11(8-10)9-17(14,15)7-6-12(13)16-2/h3-5,8H,6-7,9H2,1-2H3. The fraction of sp³-hybridized carbons (Fsp3) is 0.417. The van der Waals surface area contributed by atoms with Crippen molar-refractivity contribution in [1.29, 1.82) is 0 Å². The van der Waals surface area contributed by atoms with E-state index in [1.807, 2.05) is 25.1 Å². The summed E-state index contributed by atoms with van der Waals surface area (Å²) in [6.45, 7) is 1.91. The number of ether oxygens (including phenoxy) is 1. The van der Waals surface area contributed by atoms with Gasteiger partial charge in [-0.15, -0.1) is 0 Å². The van der Waals surface area contributed by atoms with Crippen LogP contribution in [-0.2, 0) is 25.1 Å². The van der Waals surface area contributed by atoms with Crippen LogP contribution in [0, 0.1) is 6.92 Å². The molecule has 0 saturated carbocycles. The quantitative estimate of drug-likeness (QED) is 0.749. The van der Waals surface area contributed by atoms with Gasteiger partial charge in [0.1, 0.15) is 0 Å². The fourth-order valence-corrected chi connectivity index (χ4v) is 2.78. The Hall–Kier alpha value is -1.36. The Balaban J connectivity index is 2.64. The molecule has 4 nitrogen and oxygen atoms in total. The molecule has 0 saturated heterocycles. The van der Waals surface area contributed by atoms with Gasteiger partial charge in [0.25, 0.3) is 0 Å². The van der Waals surface area contributed by atoms with Crippen molar-refractivity contribution in [1.82, 2.24) is 0 Å². The number of hydrogen-bond acceptors (Lipinski definition) is 4. The summed E-state index contributed by atoms with van der Waals surface area (Å²) in [5.41, 5.74) is 1.76. The van der Waals surface area contributed by atoms with Crippen molar-refractivity contribution >= 4 is 15.8 Å². The smallest absolute Gasteiger partial charge is 0.306 e. The largest absolute Gasteiger partial charge is 0.469 e. The molecule has 0 spiro atoms. The second-order valence-electron chi connectivity index (χ2n) is 3.91. The number of esters is 1. The average Bonchev–Trinajstić information content (AvgIpc) is 2.25. The molecule has 0 aliphatic carbocycles. The predicted octanol–water partition coefficient (Wildman–Crippen LogP) is 1.47. The van der Waals surface area contributed by atoms with E-state index in [1.54, 1.807) is 6.07 Å². The van der Waals surface area contributed by atoms with Crippen LogP contribution in [0.3, 0.4) is 0 Å². The first kappa shape index (κ1) is 13.7. The summed E-state index contributed by atoms with van der Waals surface area (Å²) in [6.07, 6.45) is -0.0926. The molecule has 1 aromatic carbocycles. The lowest BCUT2D eigenvalue weighted by Gasteiger charge is -2.04. The van der Waals surface area contributed by atoms with Crippen LogP contribution in [0.25, 0.3) is 0 Å². The molecule has 1 aromatic rings.